The fraction of sp³-hybridized carbons (Fsp3) is 0.158. The highest BCUT2D eigenvalue weighted by molar-refractivity contribution is 7.98. The molecule has 4 aromatic rings. The van der Waals surface area contributed by atoms with Crippen molar-refractivity contribution in [2.45, 2.75) is 24.6 Å². The monoisotopic (exact) mass is 396 g/mol. The van der Waals surface area contributed by atoms with Crippen molar-refractivity contribution < 1.29 is 9.32 Å². The minimum atomic E-state index is -0.223. The second-order valence-electron chi connectivity index (χ2n) is 5.97. The fourth-order valence-corrected chi connectivity index (χ4v) is 4.42. The van der Waals surface area contributed by atoms with Crippen molar-refractivity contribution in [3.63, 3.8) is 0 Å². The third-order valence-electron chi connectivity index (χ3n) is 3.89. The molecule has 27 heavy (non-hydrogen) atoms. The zero-order valence-electron chi connectivity index (χ0n) is 14.7. The van der Waals surface area contributed by atoms with Gasteiger partial charge in [0.1, 0.15) is 10.8 Å². The van der Waals surface area contributed by atoms with Crippen molar-refractivity contribution >= 4 is 44.4 Å². The molecular formula is C19H16N4O2S2. The van der Waals surface area contributed by atoms with Crippen LogP contribution in [0.1, 0.15) is 27.4 Å². The molecule has 0 unspecified atom stereocenters. The van der Waals surface area contributed by atoms with Gasteiger partial charge in [-0.05, 0) is 37.6 Å². The highest BCUT2D eigenvalue weighted by Crippen LogP contribution is 2.29. The van der Waals surface area contributed by atoms with Gasteiger partial charge in [0.15, 0.2) is 5.13 Å². The molecule has 0 bridgehead atoms. The maximum absolute atomic E-state index is 12.8. The van der Waals surface area contributed by atoms with Crippen LogP contribution in [0.25, 0.3) is 10.2 Å². The second kappa shape index (κ2) is 7.50. The summed E-state index contributed by atoms with van der Waals surface area (Å²) < 4.78 is 6.13. The Morgan fingerprint density at radius 2 is 2.15 bits per heavy atom. The molecule has 8 heteroatoms. The van der Waals surface area contributed by atoms with Gasteiger partial charge < -0.3 is 4.52 Å². The largest absolute Gasteiger partial charge is 0.361 e. The number of aryl methyl sites for hydroxylation is 2. The van der Waals surface area contributed by atoms with E-state index in [4.69, 9.17) is 4.52 Å². The first-order valence-corrected chi connectivity index (χ1v) is 10.1. The van der Waals surface area contributed by atoms with Gasteiger partial charge in [0.05, 0.1) is 21.5 Å². The highest BCUT2D eigenvalue weighted by atomic mass is 32.2. The molecule has 0 fully saturated rings. The molecule has 1 aromatic carbocycles. The summed E-state index contributed by atoms with van der Waals surface area (Å²) in [4.78, 5) is 21.7. The Kier molecular flexibility index (Phi) is 4.91. The van der Waals surface area contributed by atoms with Crippen molar-refractivity contribution in [1.82, 2.24) is 15.1 Å². The molecule has 0 aliphatic rings. The number of benzene rings is 1. The van der Waals surface area contributed by atoms with E-state index >= 15 is 0 Å². The minimum absolute atomic E-state index is 0.223. The van der Waals surface area contributed by atoms with Crippen LogP contribution in [-0.2, 0) is 5.75 Å². The number of carbonyl (C=O) groups is 1. The number of thiazole rings is 1. The standard InChI is InChI=1S/C19H16N4O2S2/c1-11-5-3-7-15-16(11)21-19(27-15)22-17(24)14-6-4-8-20-18(14)26-10-13-9-12(2)25-23-13/h3-9H,10H2,1-2H3,(H,21,22,24). The number of anilines is 1. The first-order valence-electron chi connectivity index (χ1n) is 8.27. The maximum atomic E-state index is 12.8. The molecule has 3 aromatic heterocycles. The number of hydrogen-bond acceptors (Lipinski definition) is 7. The molecule has 1 amide bonds. The summed E-state index contributed by atoms with van der Waals surface area (Å²) in [7, 11) is 0. The summed E-state index contributed by atoms with van der Waals surface area (Å²) in [5.74, 6) is 1.11. The lowest BCUT2D eigenvalue weighted by molar-refractivity contribution is 0.102. The van der Waals surface area contributed by atoms with Crippen LogP contribution >= 0.6 is 23.1 Å². The second-order valence-corrected chi connectivity index (χ2v) is 7.96. The molecule has 0 aliphatic heterocycles. The number of nitrogens with one attached hydrogen (secondary N) is 1. The van der Waals surface area contributed by atoms with Gasteiger partial charge in [-0.3, -0.25) is 10.1 Å². The van der Waals surface area contributed by atoms with Gasteiger partial charge in [-0.25, -0.2) is 9.97 Å². The van der Waals surface area contributed by atoms with Crippen molar-refractivity contribution in [3.05, 3.63) is 65.2 Å². The van der Waals surface area contributed by atoms with Crippen LogP contribution in [0.3, 0.4) is 0 Å². The number of para-hydroxylation sites is 1. The Balaban J connectivity index is 1.53. The van der Waals surface area contributed by atoms with Crippen LogP contribution in [0.5, 0.6) is 0 Å². The summed E-state index contributed by atoms with van der Waals surface area (Å²) in [5, 5.41) is 8.10. The predicted molar refractivity (Wildman–Crippen MR) is 107 cm³/mol. The van der Waals surface area contributed by atoms with E-state index in [0.717, 1.165) is 27.2 Å². The minimum Gasteiger partial charge on any atom is -0.361 e. The number of rotatable bonds is 5. The Hall–Kier alpha value is -2.71. The summed E-state index contributed by atoms with van der Waals surface area (Å²) in [5.41, 5.74) is 3.33. The number of carbonyl (C=O) groups excluding carboxylic acids is 1. The van der Waals surface area contributed by atoms with Gasteiger partial charge in [-0.15, -0.1) is 0 Å². The zero-order chi connectivity index (χ0) is 18.8. The first kappa shape index (κ1) is 17.7. The number of nitrogens with zero attached hydrogens (tertiary/aromatic N) is 3. The zero-order valence-corrected chi connectivity index (χ0v) is 16.4. The topological polar surface area (TPSA) is 80.9 Å². The Labute approximate surface area is 164 Å². The van der Waals surface area contributed by atoms with Gasteiger partial charge in [0.25, 0.3) is 5.91 Å². The summed E-state index contributed by atoms with van der Waals surface area (Å²) in [6.07, 6.45) is 1.67. The van der Waals surface area contributed by atoms with Crippen molar-refractivity contribution in [2.24, 2.45) is 0 Å². The normalized spacial score (nSPS) is 11.0. The van der Waals surface area contributed by atoms with Gasteiger partial charge in [-0.1, -0.05) is 40.4 Å². The molecule has 1 N–H and O–H groups in total. The van der Waals surface area contributed by atoms with Crippen molar-refractivity contribution in [3.8, 4) is 0 Å². The summed E-state index contributed by atoms with van der Waals surface area (Å²) in [6.45, 7) is 3.86. The van der Waals surface area contributed by atoms with Crippen molar-refractivity contribution in [1.29, 1.82) is 0 Å². The van der Waals surface area contributed by atoms with Gasteiger partial charge in [0, 0.05) is 18.0 Å². The van der Waals surface area contributed by atoms with E-state index in [9.17, 15) is 4.79 Å². The molecule has 0 saturated heterocycles. The smallest absolute Gasteiger partial charge is 0.260 e. The number of thioether (sulfide) groups is 1. The van der Waals surface area contributed by atoms with Gasteiger partial charge >= 0.3 is 0 Å². The number of amides is 1. The predicted octanol–water partition coefficient (Wildman–Crippen LogP) is 4.84. The lowest BCUT2D eigenvalue weighted by atomic mass is 10.2. The lowest BCUT2D eigenvalue weighted by Gasteiger charge is -2.06. The molecule has 0 radical (unpaired) electrons. The number of fused-ring (bicyclic) bond motifs is 1. The third-order valence-corrected chi connectivity index (χ3v) is 5.87. The SMILES string of the molecule is Cc1cc(CSc2ncccc2C(=O)Nc2nc3c(C)cccc3s2)no1. The van der Waals surface area contributed by atoms with Crippen LogP contribution in [0, 0.1) is 13.8 Å². The van der Waals surface area contributed by atoms with E-state index in [1.807, 2.05) is 38.1 Å². The van der Waals surface area contributed by atoms with E-state index in [2.05, 4.69) is 20.4 Å². The average Bonchev–Trinajstić information content (AvgIpc) is 3.26. The number of aromatic nitrogens is 3. The molecule has 0 spiro atoms. The molecule has 136 valence electrons. The van der Waals surface area contributed by atoms with Crippen LogP contribution in [0.4, 0.5) is 5.13 Å². The van der Waals surface area contributed by atoms with Gasteiger partial charge in [-0.2, -0.15) is 0 Å². The van der Waals surface area contributed by atoms with E-state index in [1.165, 1.54) is 23.1 Å². The van der Waals surface area contributed by atoms with Crippen LogP contribution < -0.4 is 5.32 Å². The fourth-order valence-electron chi connectivity index (χ4n) is 2.61. The number of hydrogen-bond donors (Lipinski definition) is 1. The first-order chi connectivity index (χ1) is 13.1. The van der Waals surface area contributed by atoms with Gasteiger partial charge in [0.2, 0.25) is 0 Å². The van der Waals surface area contributed by atoms with E-state index < -0.39 is 0 Å². The Morgan fingerprint density at radius 3 is 2.93 bits per heavy atom. The molecular weight excluding hydrogens is 380 g/mol. The summed E-state index contributed by atoms with van der Waals surface area (Å²) >= 11 is 2.91. The molecule has 3 heterocycles. The third kappa shape index (κ3) is 3.86. The quantitative estimate of drug-likeness (QED) is 0.486. The number of pyridine rings is 1. The van der Waals surface area contributed by atoms with Crippen LogP contribution in [0.2, 0.25) is 0 Å². The lowest BCUT2D eigenvalue weighted by Crippen LogP contribution is -2.13. The molecule has 0 atom stereocenters. The highest BCUT2D eigenvalue weighted by Gasteiger charge is 2.16. The van der Waals surface area contributed by atoms with E-state index in [0.29, 0.717) is 21.5 Å². The van der Waals surface area contributed by atoms with E-state index in [1.54, 1.807) is 18.3 Å². The molecule has 6 nitrogen and oxygen atoms in total. The molecule has 0 saturated carbocycles. The summed E-state index contributed by atoms with van der Waals surface area (Å²) in [6, 6.07) is 11.4. The average molecular weight is 396 g/mol. The van der Waals surface area contributed by atoms with Crippen molar-refractivity contribution in [2.75, 3.05) is 5.32 Å². The molecule has 0 aliphatic carbocycles. The van der Waals surface area contributed by atoms with Crippen LogP contribution in [-0.4, -0.2) is 21.0 Å². The Bertz CT molecular complexity index is 1120. The van der Waals surface area contributed by atoms with Crippen LogP contribution in [0.15, 0.2) is 52.1 Å². The molecule has 4 rings (SSSR count). The Morgan fingerprint density at radius 1 is 1.26 bits per heavy atom. The van der Waals surface area contributed by atoms with E-state index in [-0.39, 0.29) is 5.91 Å². The maximum Gasteiger partial charge on any atom is 0.260 e.